The first-order valence-corrected chi connectivity index (χ1v) is 7.06. The molecule has 4 nitrogen and oxygen atoms in total. The summed E-state index contributed by atoms with van der Waals surface area (Å²) in [7, 11) is 0. The van der Waals surface area contributed by atoms with Gasteiger partial charge in [0.15, 0.2) is 0 Å². The monoisotopic (exact) mass is 271 g/mol. The van der Waals surface area contributed by atoms with Gasteiger partial charge in [0.05, 0.1) is 12.8 Å². The Kier molecular flexibility index (Phi) is 5.50. The van der Waals surface area contributed by atoms with E-state index < -0.39 is 0 Å². The molecule has 0 aliphatic rings. The van der Waals surface area contributed by atoms with Crippen LogP contribution in [0.1, 0.15) is 25.8 Å². The summed E-state index contributed by atoms with van der Waals surface area (Å²) in [6.45, 7) is 6.63. The van der Waals surface area contributed by atoms with Crippen molar-refractivity contribution >= 4 is 0 Å². The van der Waals surface area contributed by atoms with Crippen LogP contribution in [0.4, 0.5) is 0 Å². The number of aromatic nitrogens is 2. The molecule has 0 saturated carbocycles. The SMILES string of the molecule is CCCNCc1cncc(-c2cncc(OCC)c2)c1. The molecule has 0 aliphatic carbocycles. The van der Waals surface area contributed by atoms with E-state index in [-0.39, 0.29) is 0 Å². The molecule has 1 N–H and O–H groups in total. The largest absolute Gasteiger partial charge is 0.492 e. The molecule has 0 radical (unpaired) electrons. The summed E-state index contributed by atoms with van der Waals surface area (Å²) < 4.78 is 5.48. The van der Waals surface area contributed by atoms with Crippen molar-refractivity contribution in [2.24, 2.45) is 0 Å². The van der Waals surface area contributed by atoms with Crippen molar-refractivity contribution in [3.8, 4) is 16.9 Å². The van der Waals surface area contributed by atoms with E-state index in [4.69, 9.17) is 4.74 Å². The van der Waals surface area contributed by atoms with Crippen molar-refractivity contribution in [2.75, 3.05) is 13.2 Å². The number of hydrogen-bond acceptors (Lipinski definition) is 4. The Morgan fingerprint density at radius 2 is 1.75 bits per heavy atom. The van der Waals surface area contributed by atoms with Gasteiger partial charge in [0.2, 0.25) is 0 Å². The van der Waals surface area contributed by atoms with Crippen molar-refractivity contribution in [2.45, 2.75) is 26.8 Å². The standard InChI is InChI=1S/C16H21N3O/c1-3-5-17-8-13-6-14(10-18-9-13)15-7-16(20-4-2)12-19-11-15/h6-7,9-12,17H,3-5,8H2,1-2H3. The molecule has 0 bridgehead atoms. The molecule has 20 heavy (non-hydrogen) atoms. The van der Waals surface area contributed by atoms with Gasteiger partial charge in [0.25, 0.3) is 0 Å². The molecule has 0 atom stereocenters. The van der Waals surface area contributed by atoms with Crippen LogP contribution in [0.3, 0.4) is 0 Å². The summed E-state index contributed by atoms with van der Waals surface area (Å²) in [5.74, 6) is 0.791. The zero-order valence-corrected chi connectivity index (χ0v) is 12.1. The second kappa shape index (κ2) is 7.60. The summed E-state index contributed by atoms with van der Waals surface area (Å²) in [5.41, 5.74) is 3.27. The summed E-state index contributed by atoms with van der Waals surface area (Å²) in [5, 5.41) is 3.38. The van der Waals surface area contributed by atoms with Crippen LogP contribution in [-0.2, 0) is 6.54 Å². The summed E-state index contributed by atoms with van der Waals surface area (Å²) in [4.78, 5) is 8.52. The average molecular weight is 271 g/mol. The molecule has 0 amide bonds. The maximum Gasteiger partial charge on any atom is 0.138 e. The normalized spacial score (nSPS) is 10.5. The third-order valence-electron chi connectivity index (χ3n) is 2.91. The molecule has 0 fully saturated rings. The molecule has 0 unspecified atom stereocenters. The molecule has 0 aliphatic heterocycles. The Morgan fingerprint density at radius 3 is 2.50 bits per heavy atom. The van der Waals surface area contributed by atoms with Crippen LogP contribution >= 0.6 is 0 Å². The van der Waals surface area contributed by atoms with E-state index in [0.717, 1.165) is 36.4 Å². The number of ether oxygens (including phenoxy) is 1. The molecule has 0 spiro atoms. The van der Waals surface area contributed by atoms with Crippen LogP contribution in [-0.4, -0.2) is 23.1 Å². The van der Waals surface area contributed by atoms with E-state index in [0.29, 0.717) is 6.61 Å². The van der Waals surface area contributed by atoms with Gasteiger partial charge in [-0.05, 0) is 37.6 Å². The molecule has 2 aromatic rings. The molecule has 4 heteroatoms. The highest BCUT2D eigenvalue weighted by Crippen LogP contribution is 2.22. The zero-order chi connectivity index (χ0) is 14.2. The Labute approximate surface area is 120 Å². The molecular weight excluding hydrogens is 250 g/mol. The number of hydrogen-bond donors (Lipinski definition) is 1. The highest BCUT2D eigenvalue weighted by Gasteiger charge is 2.03. The van der Waals surface area contributed by atoms with Gasteiger partial charge >= 0.3 is 0 Å². The predicted molar refractivity (Wildman–Crippen MR) is 80.6 cm³/mol. The van der Waals surface area contributed by atoms with Crippen molar-refractivity contribution in [1.82, 2.24) is 15.3 Å². The Hall–Kier alpha value is -1.94. The fraction of sp³-hybridized carbons (Fsp3) is 0.375. The van der Waals surface area contributed by atoms with E-state index in [9.17, 15) is 0 Å². The third kappa shape index (κ3) is 4.03. The van der Waals surface area contributed by atoms with Gasteiger partial charge in [0.1, 0.15) is 5.75 Å². The lowest BCUT2D eigenvalue weighted by Gasteiger charge is -2.07. The minimum absolute atomic E-state index is 0.643. The number of pyridine rings is 2. The van der Waals surface area contributed by atoms with Crippen LogP contribution in [0.25, 0.3) is 11.1 Å². The summed E-state index contributed by atoms with van der Waals surface area (Å²) in [6.07, 6.45) is 8.45. The third-order valence-corrected chi connectivity index (χ3v) is 2.91. The highest BCUT2D eigenvalue weighted by atomic mass is 16.5. The quantitative estimate of drug-likeness (QED) is 0.786. The second-order valence-corrected chi connectivity index (χ2v) is 4.60. The van der Waals surface area contributed by atoms with Crippen molar-refractivity contribution in [3.05, 3.63) is 42.5 Å². The highest BCUT2D eigenvalue weighted by molar-refractivity contribution is 5.63. The van der Waals surface area contributed by atoms with Crippen LogP contribution < -0.4 is 10.1 Å². The molecule has 106 valence electrons. The van der Waals surface area contributed by atoms with Gasteiger partial charge in [-0.15, -0.1) is 0 Å². The predicted octanol–water partition coefficient (Wildman–Crippen LogP) is 3.04. The van der Waals surface area contributed by atoms with E-state index in [1.54, 1.807) is 6.20 Å². The van der Waals surface area contributed by atoms with Gasteiger partial charge in [0, 0.05) is 36.3 Å². The fourth-order valence-corrected chi connectivity index (χ4v) is 1.97. The van der Waals surface area contributed by atoms with Crippen LogP contribution in [0.5, 0.6) is 5.75 Å². The molecule has 2 aromatic heterocycles. The summed E-state index contributed by atoms with van der Waals surface area (Å²) in [6, 6.07) is 4.14. The maximum absolute atomic E-state index is 5.48. The number of nitrogens with zero attached hydrogens (tertiary/aromatic N) is 2. The maximum atomic E-state index is 5.48. The van der Waals surface area contributed by atoms with E-state index in [1.165, 1.54) is 5.56 Å². The van der Waals surface area contributed by atoms with Crippen LogP contribution in [0.2, 0.25) is 0 Å². The van der Waals surface area contributed by atoms with Crippen LogP contribution in [0, 0.1) is 0 Å². The zero-order valence-electron chi connectivity index (χ0n) is 12.1. The van der Waals surface area contributed by atoms with Gasteiger partial charge < -0.3 is 10.1 Å². The van der Waals surface area contributed by atoms with Crippen molar-refractivity contribution < 1.29 is 4.74 Å². The first kappa shape index (κ1) is 14.5. The van der Waals surface area contributed by atoms with Gasteiger partial charge in [-0.25, -0.2) is 0 Å². The Balaban J connectivity index is 2.15. The minimum atomic E-state index is 0.643. The van der Waals surface area contributed by atoms with E-state index in [2.05, 4.69) is 28.3 Å². The molecule has 0 aromatic carbocycles. The smallest absolute Gasteiger partial charge is 0.138 e. The van der Waals surface area contributed by atoms with E-state index in [1.807, 2.05) is 31.6 Å². The lowest BCUT2D eigenvalue weighted by atomic mass is 10.1. The molecule has 2 heterocycles. The van der Waals surface area contributed by atoms with Gasteiger partial charge in [-0.2, -0.15) is 0 Å². The van der Waals surface area contributed by atoms with Crippen molar-refractivity contribution in [1.29, 1.82) is 0 Å². The molecular formula is C16H21N3O. The minimum Gasteiger partial charge on any atom is -0.492 e. The number of nitrogens with one attached hydrogen (secondary N) is 1. The topological polar surface area (TPSA) is 47.0 Å². The first-order valence-electron chi connectivity index (χ1n) is 7.06. The Bertz CT molecular complexity index is 543. The van der Waals surface area contributed by atoms with E-state index >= 15 is 0 Å². The lowest BCUT2D eigenvalue weighted by molar-refractivity contribution is 0.339. The van der Waals surface area contributed by atoms with Gasteiger partial charge in [-0.3, -0.25) is 9.97 Å². The lowest BCUT2D eigenvalue weighted by Crippen LogP contribution is -2.13. The van der Waals surface area contributed by atoms with Crippen LogP contribution in [0.15, 0.2) is 36.9 Å². The fourth-order valence-electron chi connectivity index (χ4n) is 1.97. The van der Waals surface area contributed by atoms with Crippen molar-refractivity contribution in [3.63, 3.8) is 0 Å². The summed E-state index contributed by atoms with van der Waals surface area (Å²) >= 11 is 0. The molecule has 0 saturated heterocycles. The Morgan fingerprint density at radius 1 is 1.00 bits per heavy atom. The first-order chi connectivity index (χ1) is 9.83. The average Bonchev–Trinajstić information content (AvgIpc) is 2.49. The van der Waals surface area contributed by atoms with Gasteiger partial charge in [-0.1, -0.05) is 6.92 Å². The number of rotatable bonds is 7. The second-order valence-electron chi connectivity index (χ2n) is 4.60. The molecule has 2 rings (SSSR count).